The molecule has 7 heteroatoms. The molecule has 20 heavy (non-hydrogen) atoms. The number of anilines is 1. The van der Waals surface area contributed by atoms with Gasteiger partial charge >= 0.3 is 0 Å². The summed E-state index contributed by atoms with van der Waals surface area (Å²) in [4.78, 5) is 15.5. The van der Waals surface area contributed by atoms with Crippen molar-refractivity contribution in [3.63, 3.8) is 0 Å². The molecule has 1 aliphatic carbocycles. The van der Waals surface area contributed by atoms with Gasteiger partial charge in [-0.1, -0.05) is 0 Å². The van der Waals surface area contributed by atoms with Crippen LogP contribution in [0.25, 0.3) is 11.0 Å². The van der Waals surface area contributed by atoms with E-state index in [1.165, 1.54) is 10.6 Å². The van der Waals surface area contributed by atoms with Gasteiger partial charge in [0, 0.05) is 31.1 Å². The van der Waals surface area contributed by atoms with Crippen LogP contribution in [0.2, 0.25) is 0 Å². The number of carbonyl (C=O) groups is 1. The molecule has 1 fully saturated rings. The molecular weight excluding hydrogens is 266 g/mol. The number of amides is 1. The van der Waals surface area contributed by atoms with Crippen molar-refractivity contribution in [1.82, 2.24) is 14.9 Å². The van der Waals surface area contributed by atoms with E-state index >= 15 is 0 Å². The van der Waals surface area contributed by atoms with Gasteiger partial charge in [0.1, 0.15) is 11.3 Å². The van der Waals surface area contributed by atoms with E-state index in [0.717, 1.165) is 18.9 Å². The minimum Gasteiger partial charge on any atom is -0.369 e. The molecule has 0 atom stereocenters. The van der Waals surface area contributed by atoms with Crippen LogP contribution in [-0.2, 0) is 11.3 Å². The van der Waals surface area contributed by atoms with Crippen LogP contribution in [0.5, 0.6) is 0 Å². The maximum absolute atomic E-state index is 13.6. The Bertz CT molecular complexity index is 679. The van der Waals surface area contributed by atoms with Gasteiger partial charge < -0.3 is 15.6 Å². The van der Waals surface area contributed by atoms with Gasteiger partial charge in [0.2, 0.25) is 11.9 Å². The molecule has 5 nitrogen and oxygen atoms in total. The first-order valence-corrected chi connectivity index (χ1v) is 6.44. The standard InChI is InChI=1S/C13H14F2N4O/c14-7-5-9(15)12-10(6-7)19(13(16)18-12)4-3-11(20)17-8-1-2-8/h5-6,8H,1-4H2,(H2,16,18)(H,17,20). The molecule has 1 amide bonds. The van der Waals surface area contributed by atoms with Crippen molar-refractivity contribution < 1.29 is 13.6 Å². The van der Waals surface area contributed by atoms with E-state index in [9.17, 15) is 13.6 Å². The number of hydrogen-bond acceptors (Lipinski definition) is 3. The molecule has 1 saturated carbocycles. The number of aryl methyl sites for hydroxylation is 1. The second-order valence-electron chi connectivity index (χ2n) is 4.97. The lowest BCUT2D eigenvalue weighted by atomic mass is 10.3. The molecule has 106 valence electrons. The third-order valence-electron chi connectivity index (χ3n) is 3.31. The number of nitrogens with zero attached hydrogens (tertiary/aromatic N) is 2. The van der Waals surface area contributed by atoms with E-state index in [0.29, 0.717) is 0 Å². The van der Waals surface area contributed by atoms with E-state index in [1.54, 1.807) is 0 Å². The number of nitrogen functional groups attached to an aromatic ring is 1. The summed E-state index contributed by atoms with van der Waals surface area (Å²) in [6.07, 6.45) is 2.22. The van der Waals surface area contributed by atoms with Crippen molar-refractivity contribution in [3.05, 3.63) is 23.8 Å². The van der Waals surface area contributed by atoms with Crippen molar-refractivity contribution in [3.8, 4) is 0 Å². The van der Waals surface area contributed by atoms with E-state index in [1.807, 2.05) is 0 Å². The number of rotatable bonds is 4. The van der Waals surface area contributed by atoms with Gasteiger partial charge in [-0.3, -0.25) is 4.79 Å². The molecule has 0 aliphatic heterocycles. The summed E-state index contributed by atoms with van der Waals surface area (Å²) < 4.78 is 28.3. The van der Waals surface area contributed by atoms with Gasteiger partial charge in [-0.25, -0.2) is 13.8 Å². The number of hydrogen-bond donors (Lipinski definition) is 2. The van der Waals surface area contributed by atoms with Gasteiger partial charge in [0.15, 0.2) is 5.82 Å². The second-order valence-corrected chi connectivity index (χ2v) is 4.97. The lowest BCUT2D eigenvalue weighted by Gasteiger charge is -2.07. The highest BCUT2D eigenvalue weighted by Crippen LogP contribution is 2.23. The van der Waals surface area contributed by atoms with Crippen LogP contribution >= 0.6 is 0 Å². The van der Waals surface area contributed by atoms with Crippen molar-refractivity contribution in [1.29, 1.82) is 0 Å². The van der Waals surface area contributed by atoms with Crippen molar-refractivity contribution >= 4 is 22.9 Å². The summed E-state index contributed by atoms with van der Waals surface area (Å²) in [7, 11) is 0. The fourth-order valence-electron chi connectivity index (χ4n) is 2.14. The molecular formula is C13H14F2N4O. The van der Waals surface area contributed by atoms with Crippen LogP contribution in [0.3, 0.4) is 0 Å². The molecule has 3 N–H and O–H groups in total. The van der Waals surface area contributed by atoms with Crippen LogP contribution in [-0.4, -0.2) is 21.5 Å². The first kappa shape index (κ1) is 12.8. The van der Waals surface area contributed by atoms with Gasteiger partial charge in [-0.15, -0.1) is 0 Å². The molecule has 0 unspecified atom stereocenters. The number of aromatic nitrogens is 2. The summed E-state index contributed by atoms with van der Waals surface area (Å²) >= 11 is 0. The Morgan fingerprint density at radius 1 is 1.45 bits per heavy atom. The summed E-state index contributed by atoms with van der Waals surface area (Å²) in [5.74, 6) is -1.47. The van der Waals surface area contributed by atoms with Gasteiger partial charge in [-0.2, -0.15) is 0 Å². The average molecular weight is 280 g/mol. The lowest BCUT2D eigenvalue weighted by Crippen LogP contribution is -2.26. The minimum atomic E-state index is -0.757. The third-order valence-corrected chi connectivity index (χ3v) is 3.31. The number of fused-ring (bicyclic) bond motifs is 1. The highest BCUT2D eigenvalue weighted by Gasteiger charge is 2.23. The van der Waals surface area contributed by atoms with Crippen LogP contribution in [0.4, 0.5) is 14.7 Å². The maximum atomic E-state index is 13.6. The predicted octanol–water partition coefficient (Wildman–Crippen LogP) is 1.57. The first-order chi connectivity index (χ1) is 9.54. The number of imidazole rings is 1. The number of nitrogens with one attached hydrogen (secondary N) is 1. The zero-order valence-corrected chi connectivity index (χ0v) is 10.7. The Morgan fingerprint density at radius 2 is 2.20 bits per heavy atom. The lowest BCUT2D eigenvalue weighted by molar-refractivity contribution is -0.121. The van der Waals surface area contributed by atoms with Gasteiger partial charge in [0.25, 0.3) is 0 Å². The Hall–Kier alpha value is -2.18. The Morgan fingerprint density at radius 3 is 2.90 bits per heavy atom. The van der Waals surface area contributed by atoms with Gasteiger partial charge in [0.05, 0.1) is 5.52 Å². The Labute approximate surface area is 113 Å². The maximum Gasteiger partial charge on any atom is 0.222 e. The molecule has 3 rings (SSSR count). The van der Waals surface area contributed by atoms with Crippen molar-refractivity contribution in [2.24, 2.45) is 0 Å². The molecule has 1 heterocycles. The summed E-state index contributed by atoms with van der Waals surface area (Å²) in [6.45, 7) is 0.240. The van der Waals surface area contributed by atoms with E-state index in [-0.39, 0.29) is 41.9 Å². The SMILES string of the molecule is Nc1nc2c(F)cc(F)cc2n1CCC(=O)NC1CC1. The minimum absolute atomic E-state index is 0.0199. The summed E-state index contributed by atoms with van der Waals surface area (Å²) in [5.41, 5.74) is 5.99. The molecule has 1 aliphatic rings. The van der Waals surface area contributed by atoms with E-state index < -0.39 is 11.6 Å². The zero-order valence-electron chi connectivity index (χ0n) is 10.7. The monoisotopic (exact) mass is 280 g/mol. The topological polar surface area (TPSA) is 72.9 Å². The molecule has 0 bridgehead atoms. The summed E-state index contributed by atoms with van der Waals surface area (Å²) in [6, 6.07) is 2.22. The van der Waals surface area contributed by atoms with Crippen LogP contribution < -0.4 is 11.1 Å². The van der Waals surface area contributed by atoms with Crippen molar-refractivity contribution in [2.75, 3.05) is 5.73 Å². The van der Waals surface area contributed by atoms with Crippen molar-refractivity contribution in [2.45, 2.75) is 31.8 Å². The highest BCUT2D eigenvalue weighted by molar-refractivity contribution is 5.80. The average Bonchev–Trinajstić information content (AvgIpc) is 3.11. The molecule has 1 aromatic carbocycles. The van der Waals surface area contributed by atoms with Crippen LogP contribution in [0.15, 0.2) is 12.1 Å². The number of nitrogens with two attached hydrogens (primary N) is 1. The number of carbonyl (C=O) groups excluding carboxylic acids is 1. The normalized spacial score (nSPS) is 14.7. The number of benzene rings is 1. The molecule has 0 spiro atoms. The molecule has 1 aromatic heterocycles. The zero-order chi connectivity index (χ0) is 14.3. The van der Waals surface area contributed by atoms with Gasteiger partial charge in [-0.05, 0) is 12.8 Å². The summed E-state index contributed by atoms with van der Waals surface area (Å²) in [5, 5.41) is 2.84. The second kappa shape index (κ2) is 4.73. The highest BCUT2D eigenvalue weighted by atomic mass is 19.1. The smallest absolute Gasteiger partial charge is 0.222 e. The largest absolute Gasteiger partial charge is 0.369 e. The fourth-order valence-corrected chi connectivity index (χ4v) is 2.14. The Kier molecular flexibility index (Phi) is 3.04. The Balaban J connectivity index is 1.82. The van der Waals surface area contributed by atoms with Crippen LogP contribution in [0.1, 0.15) is 19.3 Å². The predicted molar refractivity (Wildman–Crippen MR) is 69.8 cm³/mol. The van der Waals surface area contributed by atoms with E-state index in [2.05, 4.69) is 10.3 Å². The molecule has 0 radical (unpaired) electrons. The fraction of sp³-hybridized carbons (Fsp3) is 0.385. The number of halogens is 2. The quantitative estimate of drug-likeness (QED) is 0.892. The molecule has 2 aromatic rings. The van der Waals surface area contributed by atoms with Crippen LogP contribution in [0, 0.1) is 11.6 Å². The molecule has 0 saturated heterocycles. The first-order valence-electron chi connectivity index (χ1n) is 6.44. The third kappa shape index (κ3) is 2.43. The van der Waals surface area contributed by atoms with E-state index in [4.69, 9.17) is 5.73 Å².